The largest absolute Gasteiger partial charge is 0.433 e. The molecule has 0 fully saturated rings. The maximum Gasteiger partial charge on any atom is 0.332 e. The maximum absolute atomic E-state index is 11.0. The highest BCUT2D eigenvalue weighted by Crippen LogP contribution is 2.18. The molecular formula is C13H20O6. The molecular weight excluding hydrogens is 252 g/mol. The summed E-state index contributed by atoms with van der Waals surface area (Å²) in [7, 11) is 0. The van der Waals surface area contributed by atoms with Crippen molar-refractivity contribution in [2.75, 3.05) is 0 Å². The minimum atomic E-state index is -1.11. The van der Waals surface area contributed by atoms with Crippen molar-refractivity contribution in [2.45, 2.75) is 46.1 Å². The molecule has 0 heterocycles. The van der Waals surface area contributed by atoms with Crippen LogP contribution < -0.4 is 0 Å². The Labute approximate surface area is 113 Å². The van der Waals surface area contributed by atoms with Crippen LogP contribution in [0.2, 0.25) is 0 Å². The number of rotatable bonds is 8. The zero-order valence-corrected chi connectivity index (χ0v) is 11.7. The number of carbonyl (C=O) groups excluding carboxylic acids is 2. The summed E-state index contributed by atoms with van der Waals surface area (Å²) >= 11 is 0. The molecule has 0 amide bonds. The molecule has 0 rings (SSSR count). The van der Waals surface area contributed by atoms with Gasteiger partial charge in [-0.3, -0.25) is 0 Å². The Hall–Kier alpha value is -1.66. The highest BCUT2D eigenvalue weighted by Gasteiger charge is 2.27. The van der Waals surface area contributed by atoms with Crippen LogP contribution in [0.5, 0.6) is 0 Å². The predicted octanol–water partition coefficient (Wildman–Crippen LogP) is 1.91. The van der Waals surface area contributed by atoms with Gasteiger partial charge in [-0.1, -0.05) is 13.2 Å². The third-order valence-electron chi connectivity index (χ3n) is 1.80. The van der Waals surface area contributed by atoms with E-state index in [1.54, 1.807) is 13.8 Å². The first-order valence-electron chi connectivity index (χ1n) is 5.72. The van der Waals surface area contributed by atoms with E-state index in [9.17, 15) is 9.59 Å². The lowest BCUT2D eigenvalue weighted by atomic mass is 10.4. The van der Waals surface area contributed by atoms with Crippen LogP contribution in [-0.2, 0) is 28.5 Å². The number of hydrogen-bond donors (Lipinski definition) is 0. The molecule has 19 heavy (non-hydrogen) atoms. The average Bonchev–Trinajstić information content (AvgIpc) is 2.26. The molecule has 0 saturated heterocycles. The van der Waals surface area contributed by atoms with Crippen LogP contribution in [0.1, 0.15) is 27.7 Å². The van der Waals surface area contributed by atoms with Crippen molar-refractivity contribution in [3.8, 4) is 0 Å². The fourth-order valence-corrected chi connectivity index (χ4v) is 1.30. The molecule has 0 aliphatic carbocycles. The van der Waals surface area contributed by atoms with Crippen LogP contribution in [0.25, 0.3) is 0 Å². The van der Waals surface area contributed by atoms with Crippen LogP contribution in [0.3, 0.4) is 0 Å². The predicted molar refractivity (Wildman–Crippen MR) is 67.8 cm³/mol. The molecule has 108 valence electrons. The van der Waals surface area contributed by atoms with Gasteiger partial charge in [0.15, 0.2) is 5.79 Å². The Balaban J connectivity index is 4.29. The molecule has 0 bridgehead atoms. The third kappa shape index (κ3) is 8.12. The van der Waals surface area contributed by atoms with Gasteiger partial charge in [0.25, 0.3) is 0 Å². The van der Waals surface area contributed by atoms with Gasteiger partial charge in [-0.15, -0.1) is 0 Å². The molecule has 0 N–H and O–H groups in total. The SMILES string of the molecule is C=CC(=O)OC(C)OC(C)(C)OC(C)OC(=O)C=C. The molecule has 0 spiro atoms. The van der Waals surface area contributed by atoms with Crippen molar-refractivity contribution in [1.82, 2.24) is 0 Å². The van der Waals surface area contributed by atoms with E-state index in [-0.39, 0.29) is 0 Å². The van der Waals surface area contributed by atoms with Crippen molar-refractivity contribution >= 4 is 11.9 Å². The smallest absolute Gasteiger partial charge is 0.332 e. The van der Waals surface area contributed by atoms with Crippen molar-refractivity contribution in [2.24, 2.45) is 0 Å². The highest BCUT2D eigenvalue weighted by atomic mass is 16.8. The minimum absolute atomic E-state index is 0.602. The van der Waals surface area contributed by atoms with Crippen LogP contribution in [-0.4, -0.2) is 30.3 Å². The van der Waals surface area contributed by atoms with E-state index in [1.807, 2.05) is 0 Å². The van der Waals surface area contributed by atoms with Crippen molar-refractivity contribution in [3.05, 3.63) is 25.3 Å². The second-order valence-electron chi connectivity index (χ2n) is 4.05. The zero-order valence-electron chi connectivity index (χ0n) is 11.7. The molecule has 6 nitrogen and oxygen atoms in total. The molecule has 2 atom stereocenters. The topological polar surface area (TPSA) is 71.1 Å². The van der Waals surface area contributed by atoms with Gasteiger partial charge < -0.3 is 18.9 Å². The van der Waals surface area contributed by atoms with Gasteiger partial charge in [-0.05, 0) is 27.7 Å². The summed E-state index contributed by atoms with van der Waals surface area (Å²) in [6, 6.07) is 0. The monoisotopic (exact) mass is 272 g/mol. The molecule has 6 heteroatoms. The van der Waals surface area contributed by atoms with Gasteiger partial charge in [-0.25, -0.2) is 9.59 Å². The highest BCUT2D eigenvalue weighted by molar-refractivity contribution is 5.81. The average molecular weight is 272 g/mol. The summed E-state index contributed by atoms with van der Waals surface area (Å²) in [6.45, 7) is 12.8. The summed E-state index contributed by atoms with van der Waals surface area (Å²) in [5.74, 6) is -2.31. The Kier molecular flexibility index (Phi) is 7.03. The quantitative estimate of drug-likeness (QED) is 0.382. The molecule has 0 aromatic carbocycles. The third-order valence-corrected chi connectivity index (χ3v) is 1.80. The standard InChI is InChI=1S/C13H20O6/c1-7-11(14)16-9(3)18-13(5,6)19-10(4)17-12(15)8-2/h7-10H,1-2H2,3-6H3. The van der Waals surface area contributed by atoms with E-state index in [4.69, 9.17) is 18.9 Å². The lowest BCUT2D eigenvalue weighted by Crippen LogP contribution is -2.38. The van der Waals surface area contributed by atoms with Crippen LogP contribution >= 0.6 is 0 Å². The summed E-state index contributed by atoms with van der Waals surface area (Å²) < 4.78 is 20.4. The van der Waals surface area contributed by atoms with E-state index in [1.165, 1.54) is 13.8 Å². The summed E-state index contributed by atoms with van der Waals surface area (Å²) in [6.07, 6.45) is 0.398. The molecule has 0 saturated carbocycles. The van der Waals surface area contributed by atoms with E-state index in [0.29, 0.717) is 0 Å². The first-order valence-corrected chi connectivity index (χ1v) is 5.72. The van der Waals surface area contributed by atoms with Crippen molar-refractivity contribution in [1.29, 1.82) is 0 Å². The van der Waals surface area contributed by atoms with Crippen LogP contribution in [0, 0.1) is 0 Å². The fourth-order valence-electron chi connectivity index (χ4n) is 1.30. The number of ether oxygens (including phenoxy) is 4. The van der Waals surface area contributed by atoms with Gasteiger partial charge in [-0.2, -0.15) is 0 Å². The van der Waals surface area contributed by atoms with Crippen LogP contribution in [0.15, 0.2) is 25.3 Å². The van der Waals surface area contributed by atoms with Gasteiger partial charge >= 0.3 is 11.9 Å². The first kappa shape index (κ1) is 17.3. The van der Waals surface area contributed by atoms with Gasteiger partial charge in [0.05, 0.1) is 0 Å². The second-order valence-corrected chi connectivity index (χ2v) is 4.05. The maximum atomic E-state index is 11.0. The summed E-state index contributed by atoms with van der Waals surface area (Å²) in [4.78, 5) is 21.9. The Morgan fingerprint density at radius 2 is 1.26 bits per heavy atom. The van der Waals surface area contributed by atoms with E-state index >= 15 is 0 Å². The van der Waals surface area contributed by atoms with Gasteiger partial charge in [0, 0.05) is 12.2 Å². The fraction of sp³-hybridized carbons (Fsp3) is 0.538. The zero-order chi connectivity index (χ0) is 15.1. The molecule has 0 aliphatic heterocycles. The van der Waals surface area contributed by atoms with E-state index in [0.717, 1.165) is 12.2 Å². The summed E-state index contributed by atoms with van der Waals surface area (Å²) in [5, 5.41) is 0. The van der Waals surface area contributed by atoms with Crippen LogP contribution in [0.4, 0.5) is 0 Å². The molecule has 0 radical (unpaired) electrons. The number of carbonyl (C=O) groups is 2. The van der Waals surface area contributed by atoms with E-state index < -0.39 is 30.3 Å². The lowest BCUT2D eigenvalue weighted by molar-refractivity contribution is -0.319. The van der Waals surface area contributed by atoms with Gasteiger partial charge in [0.1, 0.15) is 0 Å². The number of esters is 2. The van der Waals surface area contributed by atoms with Gasteiger partial charge in [0.2, 0.25) is 12.6 Å². The Morgan fingerprint density at radius 3 is 1.53 bits per heavy atom. The number of hydrogen-bond acceptors (Lipinski definition) is 6. The van der Waals surface area contributed by atoms with Crippen molar-refractivity contribution < 1.29 is 28.5 Å². The normalized spacial score (nSPS) is 14.1. The van der Waals surface area contributed by atoms with Crippen molar-refractivity contribution in [3.63, 3.8) is 0 Å². The molecule has 0 aliphatic rings. The Bertz CT molecular complexity index is 315. The molecule has 0 aromatic heterocycles. The molecule has 2 unspecified atom stereocenters. The Morgan fingerprint density at radius 1 is 0.947 bits per heavy atom. The second kappa shape index (κ2) is 7.70. The molecule has 0 aromatic rings. The lowest BCUT2D eigenvalue weighted by Gasteiger charge is -2.30. The minimum Gasteiger partial charge on any atom is -0.433 e. The van der Waals surface area contributed by atoms with E-state index in [2.05, 4.69) is 13.2 Å². The first-order chi connectivity index (χ1) is 8.70. The summed E-state index contributed by atoms with van der Waals surface area (Å²) in [5.41, 5.74) is 0.